The van der Waals surface area contributed by atoms with Crippen molar-refractivity contribution >= 4 is 16.5 Å². The number of nitrogen functional groups attached to an aromatic ring is 1. The van der Waals surface area contributed by atoms with Gasteiger partial charge in [0.15, 0.2) is 5.13 Å². The van der Waals surface area contributed by atoms with Crippen LogP contribution >= 0.6 is 11.3 Å². The molecule has 1 rings (SSSR count). The second-order valence-electron chi connectivity index (χ2n) is 3.15. The van der Waals surface area contributed by atoms with Gasteiger partial charge in [-0.3, -0.25) is 0 Å². The molecule has 1 aromatic heterocycles. The molecule has 0 aromatic carbocycles. The smallest absolute Gasteiger partial charge is 0.180 e. The third-order valence-electron chi connectivity index (χ3n) is 2.05. The largest absolute Gasteiger partial charge is 0.375 e. The Kier molecular flexibility index (Phi) is 4.18. The van der Waals surface area contributed by atoms with Crippen LogP contribution in [0.1, 0.15) is 31.9 Å². The van der Waals surface area contributed by atoms with Crippen LogP contribution in [0.2, 0.25) is 0 Å². The van der Waals surface area contributed by atoms with Gasteiger partial charge >= 0.3 is 0 Å². The summed E-state index contributed by atoms with van der Waals surface area (Å²) in [6, 6.07) is 0. The summed E-state index contributed by atoms with van der Waals surface area (Å²) in [5.74, 6) is 0.507. The Hall–Kier alpha value is -0.610. The van der Waals surface area contributed by atoms with Crippen LogP contribution in [0.15, 0.2) is 5.38 Å². The van der Waals surface area contributed by atoms with E-state index in [-0.39, 0.29) is 0 Å². The van der Waals surface area contributed by atoms with E-state index in [1.54, 1.807) is 0 Å². The molecule has 0 amide bonds. The molecule has 0 aliphatic rings. The van der Waals surface area contributed by atoms with Crippen molar-refractivity contribution < 1.29 is 0 Å². The average molecular weight is 199 g/mol. The Morgan fingerprint density at radius 1 is 1.69 bits per heavy atom. The predicted molar refractivity (Wildman–Crippen MR) is 58.1 cm³/mol. The van der Waals surface area contributed by atoms with Gasteiger partial charge in [0.1, 0.15) is 0 Å². The van der Waals surface area contributed by atoms with Gasteiger partial charge in [-0.05, 0) is 19.5 Å². The zero-order valence-electron chi connectivity index (χ0n) is 8.21. The normalized spacial score (nSPS) is 13.1. The van der Waals surface area contributed by atoms with E-state index in [2.05, 4.69) is 24.1 Å². The van der Waals surface area contributed by atoms with Crippen LogP contribution < -0.4 is 11.1 Å². The minimum Gasteiger partial charge on any atom is -0.375 e. The first-order chi connectivity index (χ1) is 6.24. The number of nitrogens with two attached hydrogens (primary N) is 1. The molecule has 0 fully saturated rings. The zero-order valence-corrected chi connectivity index (χ0v) is 9.03. The maximum atomic E-state index is 5.56. The van der Waals surface area contributed by atoms with Crippen molar-refractivity contribution in [2.45, 2.75) is 26.2 Å². The molecule has 0 spiro atoms. The van der Waals surface area contributed by atoms with Gasteiger partial charge in [-0.1, -0.05) is 13.8 Å². The number of rotatable bonds is 5. The van der Waals surface area contributed by atoms with Gasteiger partial charge in [0.25, 0.3) is 0 Å². The van der Waals surface area contributed by atoms with E-state index in [1.165, 1.54) is 11.3 Å². The fourth-order valence-electron chi connectivity index (χ4n) is 1.17. The summed E-state index contributed by atoms with van der Waals surface area (Å²) in [5.41, 5.74) is 6.69. The van der Waals surface area contributed by atoms with Crippen molar-refractivity contribution in [1.82, 2.24) is 10.3 Å². The van der Waals surface area contributed by atoms with Gasteiger partial charge in [-0.25, -0.2) is 4.98 Å². The van der Waals surface area contributed by atoms with Gasteiger partial charge in [0, 0.05) is 11.3 Å². The number of anilines is 1. The van der Waals surface area contributed by atoms with E-state index in [0.717, 1.165) is 25.2 Å². The molecule has 1 aromatic rings. The Balaban J connectivity index is 2.35. The Bertz CT molecular complexity index is 247. The van der Waals surface area contributed by atoms with Gasteiger partial charge in [0.2, 0.25) is 0 Å². The van der Waals surface area contributed by atoms with Gasteiger partial charge < -0.3 is 11.1 Å². The number of nitrogens with one attached hydrogen (secondary N) is 1. The first kappa shape index (κ1) is 10.5. The lowest BCUT2D eigenvalue weighted by Gasteiger charge is -2.07. The molecule has 1 unspecified atom stereocenters. The molecule has 0 radical (unpaired) electrons. The number of aromatic nitrogens is 1. The van der Waals surface area contributed by atoms with Crippen molar-refractivity contribution in [3.05, 3.63) is 11.1 Å². The molecular formula is C9H17N3S. The number of hydrogen-bond donors (Lipinski definition) is 2. The van der Waals surface area contributed by atoms with Crippen molar-refractivity contribution in [3.63, 3.8) is 0 Å². The fourth-order valence-corrected chi connectivity index (χ4v) is 1.85. The molecule has 3 N–H and O–H groups in total. The Morgan fingerprint density at radius 2 is 2.46 bits per heavy atom. The maximum Gasteiger partial charge on any atom is 0.180 e. The summed E-state index contributed by atoms with van der Waals surface area (Å²) in [6.45, 7) is 6.39. The van der Waals surface area contributed by atoms with Gasteiger partial charge in [0.05, 0.1) is 5.69 Å². The van der Waals surface area contributed by atoms with E-state index >= 15 is 0 Å². The van der Waals surface area contributed by atoms with Crippen LogP contribution in [-0.4, -0.2) is 18.1 Å². The quantitative estimate of drug-likeness (QED) is 0.711. The standard InChI is InChI=1S/C9H17N3S/c1-3-11-5-4-7(2)8-6-13-9(10)12-8/h6-7,11H,3-5H2,1-2H3,(H2,10,12). The van der Waals surface area contributed by atoms with Crippen molar-refractivity contribution in [1.29, 1.82) is 0 Å². The molecule has 4 heteroatoms. The molecule has 0 bridgehead atoms. The van der Waals surface area contributed by atoms with Crippen LogP contribution in [-0.2, 0) is 0 Å². The third kappa shape index (κ3) is 3.32. The van der Waals surface area contributed by atoms with Crippen molar-refractivity contribution in [2.75, 3.05) is 18.8 Å². The van der Waals surface area contributed by atoms with E-state index < -0.39 is 0 Å². The Morgan fingerprint density at radius 3 is 3.00 bits per heavy atom. The molecule has 74 valence electrons. The summed E-state index contributed by atoms with van der Waals surface area (Å²) in [6.07, 6.45) is 1.12. The summed E-state index contributed by atoms with van der Waals surface area (Å²) in [4.78, 5) is 4.26. The van der Waals surface area contributed by atoms with Crippen LogP contribution in [0, 0.1) is 0 Å². The highest BCUT2D eigenvalue weighted by Gasteiger charge is 2.07. The molecule has 0 saturated carbocycles. The molecule has 0 aliphatic heterocycles. The van der Waals surface area contributed by atoms with Crippen LogP contribution in [0.4, 0.5) is 5.13 Å². The lowest BCUT2D eigenvalue weighted by atomic mass is 10.1. The molecule has 0 aliphatic carbocycles. The first-order valence-corrected chi connectivity index (χ1v) is 5.53. The van der Waals surface area contributed by atoms with Crippen LogP contribution in [0.3, 0.4) is 0 Å². The summed E-state index contributed by atoms with van der Waals surface area (Å²) < 4.78 is 0. The highest BCUT2D eigenvalue weighted by atomic mass is 32.1. The molecule has 0 saturated heterocycles. The maximum absolute atomic E-state index is 5.56. The number of nitrogens with zero attached hydrogens (tertiary/aromatic N) is 1. The molecule has 13 heavy (non-hydrogen) atoms. The minimum absolute atomic E-state index is 0.507. The van der Waals surface area contributed by atoms with E-state index in [0.29, 0.717) is 11.0 Å². The SMILES string of the molecule is CCNCCC(C)c1csc(N)n1. The number of thiazole rings is 1. The van der Waals surface area contributed by atoms with Crippen molar-refractivity contribution in [3.8, 4) is 0 Å². The summed E-state index contributed by atoms with van der Waals surface area (Å²) >= 11 is 1.52. The van der Waals surface area contributed by atoms with Crippen molar-refractivity contribution in [2.24, 2.45) is 0 Å². The third-order valence-corrected chi connectivity index (χ3v) is 2.74. The van der Waals surface area contributed by atoms with Gasteiger partial charge in [-0.15, -0.1) is 11.3 Å². The van der Waals surface area contributed by atoms with E-state index in [9.17, 15) is 0 Å². The number of hydrogen-bond acceptors (Lipinski definition) is 4. The molecule has 3 nitrogen and oxygen atoms in total. The minimum atomic E-state index is 0.507. The highest BCUT2D eigenvalue weighted by molar-refractivity contribution is 7.13. The van der Waals surface area contributed by atoms with Crippen LogP contribution in [0.25, 0.3) is 0 Å². The first-order valence-electron chi connectivity index (χ1n) is 4.65. The fraction of sp³-hybridized carbons (Fsp3) is 0.667. The highest BCUT2D eigenvalue weighted by Crippen LogP contribution is 2.21. The Labute approximate surface area is 83.4 Å². The van der Waals surface area contributed by atoms with Crippen LogP contribution in [0.5, 0.6) is 0 Å². The topological polar surface area (TPSA) is 50.9 Å². The lowest BCUT2D eigenvalue weighted by Crippen LogP contribution is -2.16. The second kappa shape index (κ2) is 5.19. The molecular weight excluding hydrogens is 182 g/mol. The predicted octanol–water partition coefficient (Wildman–Crippen LogP) is 1.83. The summed E-state index contributed by atoms with van der Waals surface area (Å²) in [7, 11) is 0. The average Bonchev–Trinajstić information content (AvgIpc) is 2.52. The monoisotopic (exact) mass is 199 g/mol. The lowest BCUT2D eigenvalue weighted by molar-refractivity contribution is 0.601. The second-order valence-corrected chi connectivity index (χ2v) is 4.04. The van der Waals surface area contributed by atoms with E-state index in [4.69, 9.17) is 5.73 Å². The summed E-state index contributed by atoms with van der Waals surface area (Å²) in [5, 5.41) is 6.02. The molecule has 1 heterocycles. The molecule has 1 atom stereocenters. The van der Waals surface area contributed by atoms with E-state index in [1.807, 2.05) is 5.38 Å². The zero-order chi connectivity index (χ0) is 9.68. The van der Waals surface area contributed by atoms with Gasteiger partial charge in [-0.2, -0.15) is 0 Å².